The van der Waals surface area contributed by atoms with Crippen LogP contribution in [0.2, 0.25) is 0 Å². The quantitative estimate of drug-likeness (QED) is 0.372. The van der Waals surface area contributed by atoms with Gasteiger partial charge in [-0.2, -0.15) is 5.26 Å². The molecular weight excluding hydrogens is 438 g/mol. The second kappa shape index (κ2) is 12.0. The van der Waals surface area contributed by atoms with Crippen molar-refractivity contribution in [2.75, 3.05) is 17.2 Å². The lowest BCUT2D eigenvalue weighted by Gasteiger charge is -2.15. The molecule has 4 N–H and O–H groups in total. The van der Waals surface area contributed by atoms with Crippen LogP contribution >= 0.6 is 0 Å². The van der Waals surface area contributed by atoms with Gasteiger partial charge in [0.2, 0.25) is 0 Å². The molecule has 0 radical (unpaired) electrons. The second-order valence-electron chi connectivity index (χ2n) is 7.44. The first-order valence-electron chi connectivity index (χ1n) is 10.6. The number of aliphatic hydroxyl groups is 1. The molecule has 1 heterocycles. The van der Waals surface area contributed by atoms with E-state index in [9.17, 15) is 14.7 Å². The van der Waals surface area contributed by atoms with Gasteiger partial charge in [0.15, 0.2) is 12.2 Å². The minimum absolute atomic E-state index is 0.161. The van der Waals surface area contributed by atoms with Crippen molar-refractivity contribution >= 4 is 23.5 Å². The van der Waals surface area contributed by atoms with Gasteiger partial charge in [-0.3, -0.25) is 0 Å². The summed E-state index contributed by atoms with van der Waals surface area (Å²) in [4.78, 5) is 28.3. The van der Waals surface area contributed by atoms with Crippen molar-refractivity contribution in [1.82, 2.24) is 10.3 Å². The lowest BCUT2D eigenvalue weighted by Crippen LogP contribution is -2.30. The van der Waals surface area contributed by atoms with E-state index in [1.807, 2.05) is 25.1 Å². The van der Waals surface area contributed by atoms with Crippen LogP contribution in [0.1, 0.15) is 24.0 Å². The van der Waals surface area contributed by atoms with Crippen molar-refractivity contribution in [3.05, 3.63) is 66.2 Å². The monoisotopic (exact) mass is 463 g/mol. The molecule has 0 aliphatic heterocycles. The third-order valence-corrected chi connectivity index (χ3v) is 4.86. The highest BCUT2D eigenvalue weighted by atomic mass is 16.6. The van der Waals surface area contributed by atoms with Crippen LogP contribution in [-0.4, -0.2) is 34.9 Å². The molecule has 1 aromatic heterocycles. The van der Waals surface area contributed by atoms with E-state index in [-0.39, 0.29) is 26.0 Å². The fourth-order valence-corrected chi connectivity index (χ4v) is 3.20. The second-order valence-corrected chi connectivity index (χ2v) is 7.44. The van der Waals surface area contributed by atoms with Gasteiger partial charge in [0.05, 0.1) is 18.9 Å². The van der Waals surface area contributed by atoms with Crippen LogP contribution in [0.3, 0.4) is 0 Å². The number of ether oxygens (including phenoxy) is 1. The number of carbonyl (C=O) groups is 2. The molecule has 3 aromatic rings. The van der Waals surface area contributed by atoms with Crippen molar-refractivity contribution in [1.29, 1.82) is 5.26 Å². The molecular formula is C24H25N5O5. The zero-order valence-corrected chi connectivity index (χ0v) is 18.6. The summed E-state index contributed by atoms with van der Waals surface area (Å²) in [5.74, 6) is 0.650. The Labute approximate surface area is 196 Å². The Morgan fingerprint density at radius 1 is 1.21 bits per heavy atom. The predicted molar refractivity (Wildman–Crippen MR) is 125 cm³/mol. The number of nitrogens with one attached hydrogen (secondary N) is 3. The zero-order chi connectivity index (χ0) is 24.3. The van der Waals surface area contributed by atoms with E-state index in [4.69, 9.17) is 14.4 Å². The Morgan fingerprint density at radius 2 is 2.00 bits per heavy atom. The fourth-order valence-electron chi connectivity index (χ4n) is 3.20. The third kappa shape index (κ3) is 7.08. The molecule has 0 aliphatic rings. The average molecular weight is 463 g/mol. The van der Waals surface area contributed by atoms with Crippen LogP contribution in [0, 0.1) is 18.3 Å². The van der Waals surface area contributed by atoms with Crippen molar-refractivity contribution in [2.24, 2.45) is 0 Å². The molecule has 0 fully saturated rings. The molecule has 0 unspecified atom stereocenters. The molecule has 3 amide bonds. The topological polar surface area (TPSA) is 150 Å². The summed E-state index contributed by atoms with van der Waals surface area (Å²) in [7, 11) is 0. The van der Waals surface area contributed by atoms with E-state index in [1.54, 1.807) is 36.5 Å². The third-order valence-electron chi connectivity index (χ3n) is 4.86. The fraction of sp³-hybridized carbons (Fsp3) is 0.250. The highest BCUT2D eigenvalue weighted by Gasteiger charge is 2.13. The van der Waals surface area contributed by atoms with E-state index in [0.717, 1.165) is 16.7 Å². The Bertz CT molecular complexity index is 1160. The number of urea groups is 1. The summed E-state index contributed by atoms with van der Waals surface area (Å²) in [6.45, 7) is 1.72. The Morgan fingerprint density at radius 3 is 2.68 bits per heavy atom. The lowest BCUT2D eigenvalue weighted by atomic mass is 10.1. The maximum Gasteiger partial charge on any atom is 0.407 e. The van der Waals surface area contributed by atoms with Crippen LogP contribution < -0.4 is 16.0 Å². The highest BCUT2D eigenvalue weighted by molar-refractivity contribution is 6.00. The van der Waals surface area contributed by atoms with Crippen LogP contribution in [0.5, 0.6) is 0 Å². The zero-order valence-electron chi connectivity index (χ0n) is 18.6. The van der Waals surface area contributed by atoms with Gasteiger partial charge in [-0.25, -0.2) is 14.6 Å². The Kier molecular flexibility index (Phi) is 8.60. The molecule has 3 rings (SSSR count). The number of carbonyl (C=O) groups excluding carboxylic acids is 2. The number of rotatable bonds is 9. The van der Waals surface area contributed by atoms with Gasteiger partial charge in [-0.05, 0) is 54.8 Å². The van der Waals surface area contributed by atoms with Crippen LogP contribution in [0.25, 0.3) is 11.3 Å². The number of hydrogen-bond donors (Lipinski definition) is 4. The largest absolute Gasteiger partial charge is 0.444 e. The number of benzene rings is 2. The summed E-state index contributed by atoms with van der Waals surface area (Å²) < 4.78 is 10.4. The molecule has 0 saturated carbocycles. The minimum atomic E-state index is -0.732. The molecule has 0 bridgehead atoms. The number of amides is 3. The molecule has 2 aromatic carbocycles. The number of aromatic nitrogens is 1. The van der Waals surface area contributed by atoms with Crippen molar-refractivity contribution < 1.29 is 23.8 Å². The normalized spacial score (nSPS) is 11.2. The maximum absolute atomic E-state index is 12.4. The average Bonchev–Trinajstić information content (AvgIpc) is 3.35. The molecule has 0 spiro atoms. The number of anilines is 2. The summed E-state index contributed by atoms with van der Waals surface area (Å²) in [6.07, 6.45) is 2.01. The van der Waals surface area contributed by atoms with Gasteiger partial charge in [0.25, 0.3) is 0 Å². The summed E-state index contributed by atoms with van der Waals surface area (Å²) in [5.41, 5.74) is 3.71. The molecule has 10 nitrogen and oxygen atoms in total. The number of alkyl carbamates (subject to hydrolysis) is 1. The number of oxazole rings is 1. The van der Waals surface area contributed by atoms with Gasteiger partial charge in [-0.15, -0.1) is 0 Å². The van der Waals surface area contributed by atoms with Gasteiger partial charge in [0.1, 0.15) is 6.10 Å². The molecule has 34 heavy (non-hydrogen) atoms. The van der Waals surface area contributed by atoms with Gasteiger partial charge in [0, 0.05) is 29.9 Å². The van der Waals surface area contributed by atoms with Crippen molar-refractivity contribution in [3.8, 4) is 17.4 Å². The molecule has 0 saturated heterocycles. The summed E-state index contributed by atoms with van der Waals surface area (Å²) in [6, 6.07) is 14.0. The van der Waals surface area contributed by atoms with Crippen LogP contribution in [-0.2, 0) is 11.3 Å². The molecule has 176 valence electrons. The Hall–Kier alpha value is -4.36. The van der Waals surface area contributed by atoms with Gasteiger partial charge < -0.3 is 30.2 Å². The van der Waals surface area contributed by atoms with Gasteiger partial charge in [-0.1, -0.05) is 12.1 Å². The molecule has 1 atom stereocenters. The minimum Gasteiger partial charge on any atom is -0.444 e. The first-order valence-corrected chi connectivity index (χ1v) is 10.6. The number of nitrogens with zero attached hydrogens (tertiary/aromatic N) is 2. The Balaban J connectivity index is 1.52. The first kappa shape index (κ1) is 24.3. The van der Waals surface area contributed by atoms with Crippen LogP contribution in [0.15, 0.2) is 59.5 Å². The van der Waals surface area contributed by atoms with Crippen molar-refractivity contribution in [3.63, 3.8) is 0 Å². The van der Waals surface area contributed by atoms with E-state index in [2.05, 4.69) is 20.9 Å². The summed E-state index contributed by atoms with van der Waals surface area (Å²) in [5, 5.41) is 25.9. The lowest BCUT2D eigenvalue weighted by molar-refractivity contribution is 0.0533. The predicted octanol–water partition coefficient (Wildman–Crippen LogP) is 4.18. The maximum atomic E-state index is 12.4. The van der Waals surface area contributed by atoms with Crippen molar-refractivity contribution in [2.45, 2.75) is 32.4 Å². The number of aryl methyl sites for hydroxylation is 1. The van der Waals surface area contributed by atoms with Crippen LogP contribution in [0.4, 0.5) is 21.0 Å². The van der Waals surface area contributed by atoms with E-state index < -0.39 is 18.2 Å². The van der Waals surface area contributed by atoms with Gasteiger partial charge >= 0.3 is 12.1 Å². The highest BCUT2D eigenvalue weighted by Crippen LogP contribution is 2.25. The molecule has 0 aliphatic carbocycles. The first-order chi connectivity index (χ1) is 16.5. The smallest absolute Gasteiger partial charge is 0.407 e. The standard InChI is InChI=1S/C24H25N5O5/c1-16-10-19(7-8-21(16)22-13-26-15-33-22)29-23(31)28-18-5-2-4-17(11-18)12-27-24(32)34-20(14-30)6-3-9-25/h2,4-5,7-8,10-11,13,15,20,30H,3,6,12,14H2,1H3,(H,27,32)(H2,28,29,31)/t20-/m0/s1. The summed E-state index contributed by atoms with van der Waals surface area (Å²) >= 11 is 0. The SMILES string of the molecule is Cc1cc(NC(=O)Nc2cccc(CNC(=O)O[C@H](CO)CCC#N)c2)ccc1-c1cnco1. The van der Waals surface area contributed by atoms with E-state index >= 15 is 0 Å². The molecule has 10 heteroatoms. The number of hydrogen-bond acceptors (Lipinski definition) is 7. The van der Waals surface area contributed by atoms with E-state index in [1.165, 1.54) is 6.39 Å². The van der Waals surface area contributed by atoms with E-state index in [0.29, 0.717) is 17.1 Å². The number of aliphatic hydroxyl groups excluding tert-OH is 1. The number of nitriles is 1.